The molecule has 0 saturated carbocycles. The molecule has 0 heterocycles. The van der Waals surface area contributed by atoms with Gasteiger partial charge in [0.1, 0.15) is 13.2 Å². The Morgan fingerprint density at radius 1 is 0.559 bits per heavy atom. The van der Waals surface area contributed by atoms with E-state index in [4.69, 9.17) is 9.05 Å². The van der Waals surface area contributed by atoms with Crippen LogP contribution in [-0.2, 0) is 18.4 Å². The maximum Gasteiger partial charge on any atom is 0.472 e. The molecule has 0 fully saturated rings. The molecule has 3 N–H and O–H groups in total. The zero-order valence-electron chi connectivity index (χ0n) is 39.8. The van der Waals surface area contributed by atoms with Crippen molar-refractivity contribution in [2.45, 2.75) is 251 Å². The number of hydrogen-bond acceptors (Lipinski definition) is 5. The zero-order valence-corrected chi connectivity index (χ0v) is 40.7. The van der Waals surface area contributed by atoms with Crippen LogP contribution in [0.4, 0.5) is 0 Å². The fraction of sp³-hybridized carbons (Fsp3) is 0.900. The number of amides is 1. The summed E-state index contributed by atoms with van der Waals surface area (Å²) in [6.07, 6.45) is 51.3. The summed E-state index contributed by atoms with van der Waals surface area (Å²) in [4.78, 5) is 23.1. The number of carbonyl (C=O) groups excluding carboxylic acids is 1. The molecule has 3 unspecified atom stereocenters. The molecule has 0 saturated heterocycles. The molecule has 0 radical (unpaired) electrons. The smallest absolute Gasteiger partial charge is 0.387 e. The van der Waals surface area contributed by atoms with Gasteiger partial charge in [0.05, 0.1) is 39.9 Å². The van der Waals surface area contributed by atoms with Gasteiger partial charge in [-0.3, -0.25) is 13.8 Å². The molecule has 0 spiro atoms. The van der Waals surface area contributed by atoms with Gasteiger partial charge >= 0.3 is 7.82 Å². The van der Waals surface area contributed by atoms with Crippen molar-refractivity contribution in [2.75, 3.05) is 40.9 Å². The molecule has 1 amide bonds. The summed E-state index contributed by atoms with van der Waals surface area (Å²) in [7, 11) is 1.56. The topological polar surface area (TPSA) is 105 Å². The Hall–Kier alpha value is -1.02. The fourth-order valence-electron chi connectivity index (χ4n) is 7.41. The molecular formula is C50H100N2O6P+. The number of likely N-dealkylation sites (N-methyl/N-ethyl adjacent to an activating group) is 1. The molecule has 0 aromatic carbocycles. The third-order valence-corrected chi connectivity index (χ3v) is 12.4. The Balaban J connectivity index is 4.23. The van der Waals surface area contributed by atoms with Crippen LogP contribution in [0.15, 0.2) is 24.3 Å². The number of aliphatic hydroxyl groups is 1. The van der Waals surface area contributed by atoms with Gasteiger partial charge in [-0.05, 0) is 32.1 Å². The third-order valence-electron chi connectivity index (χ3n) is 11.4. The summed E-state index contributed by atoms with van der Waals surface area (Å²) in [5.41, 5.74) is 0. The lowest BCUT2D eigenvalue weighted by Crippen LogP contribution is -2.45. The van der Waals surface area contributed by atoms with Gasteiger partial charge in [0.2, 0.25) is 5.91 Å². The normalized spacial score (nSPS) is 14.4. The summed E-state index contributed by atoms with van der Waals surface area (Å²) < 4.78 is 23.6. The largest absolute Gasteiger partial charge is 0.472 e. The van der Waals surface area contributed by atoms with Gasteiger partial charge in [-0.25, -0.2) is 4.57 Å². The van der Waals surface area contributed by atoms with Crippen LogP contribution in [0.3, 0.4) is 0 Å². The average molecular weight is 856 g/mol. The highest BCUT2D eigenvalue weighted by Crippen LogP contribution is 2.43. The van der Waals surface area contributed by atoms with Crippen LogP contribution in [0.5, 0.6) is 0 Å². The maximum atomic E-state index is 12.8. The summed E-state index contributed by atoms with van der Waals surface area (Å²) in [5, 5.41) is 13.8. The van der Waals surface area contributed by atoms with Crippen molar-refractivity contribution in [3.05, 3.63) is 24.3 Å². The van der Waals surface area contributed by atoms with E-state index < -0.39 is 20.0 Å². The minimum atomic E-state index is -4.34. The molecular weight excluding hydrogens is 756 g/mol. The molecule has 0 bridgehead atoms. The quantitative estimate of drug-likeness (QED) is 0.0244. The fourth-order valence-corrected chi connectivity index (χ4v) is 8.15. The molecule has 8 nitrogen and oxygen atoms in total. The second-order valence-electron chi connectivity index (χ2n) is 18.5. The van der Waals surface area contributed by atoms with Crippen molar-refractivity contribution < 1.29 is 32.9 Å². The minimum absolute atomic E-state index is 0.0583. The molecule has 0 aromatic rings. The molecule has 350 valence electrons. The predicted molar refractivity (Wildman–Crippen MR) is 254 cm³/mol. The van der Waals surface area contributed by atoms with Crippen LogP contribution >= 0.6 is 7.82 Å². The summed E-state index contributed by atoms with van der Waals surface area (Å²) in [5.74, 6) is -0.186. The molecule has 9 heteroatoms. The van der Waals surface area contributed by atoms with Crippen LogP contribution in [0.1, 0.15) is 239 Å². The first-order valence-electron chi connectivity index (χ1n) is 25.2. The average Bonchev–Trinajstić information content (AvgIpc) is 3.19. The number of phosphoric acid groups is 1. The maximum absolute atomic E-state index is 12.8. The first-order valence-corrected chi connectivity index (χ1v) is 26.7. The second kappa shape index (κ2) is 42.3. The van der Waals surface area contributed by atoms with Crippen molar-refractivity contribution in [1.29, 1.82) is 0 Å². The van der Waals surface area contributed by atoms with Crippen LogP contribution in [0.25, 0.3) is 0 Å². The number of allylic oxidation sites excluding steroid dienone is 3. The molecule has 0 aromatic heterocycles. The minimum Gasteiger partial charge on any atom is -0.387 e. The zero-order chi connectivity index (χ0) is 43.6. The van der Waals surface area contributed by atoms with Crippen molar-refractivity contribution in [3.63, 3.8) is 0 Å². The van der Waals surface area contributed by atoms with Crippen molar-refractivity contribution >= 4 is 13.7 Å². The van der Waals surface area contributed by atoms with E-state index >= 15 is 0 Å². The lowest BCUT2D eigenvalue weighted by atomic mass is 10.0. The number of unbranched alkanes of at least 4 members (excludes halogenated alkanes) is 31. The number of nitrogens with one attached hydrogen (secondary N) is 1. The molecule has 59 heavy (non-hydrogen) atoms. The molecule has 0 rings (SSSR count). The molecule has 0 aliphatic heterocycles. The van der Waals surface area contributed by atoms with Crippen LogP contribution < -0.4 is 5.32 Å². The van der Waals surface area contributed by atoms with E-state index in [0.717, 1.165) is 38.5 Å². The highest BCUT2D eigenvalue weighted by Gasteiger charge is 2.27. The molecule has 3 atom stereocenters. The van der Waals surface area contributed by atoms with Gasteiger partial charge in [-0.1, -0.05) is 224 Å². The van der Waals surface area contributed by atoms with E-state index in [2.05, 4.69) is 31.3 Å². The van der Waals surface area contributed by atoms with Crippen molar-refractivity contribution in [3.8, 4) is 0 Å². The standard InChI is InChI=1S/C50H99N2O6P/c1-6-8-10-12-14-16-18-19-20-21-22-23-24-25-26-27-28-29-30-31-32-34-35-37-39-41-43-49(53)48(47-58-59(55,56)57-46-45-52(3,4)5)51-50(54)44-42-40-38-36-33-17-15-13-11-9-7-2/h34-35,41,43,48-49,53H,6-33,36-40,42,44-47H2,1-5H3,(H-,51,54,55,56)/p+1/b35-34+,43-41+. The van der Waals surface area contributed by atoms with Crippen molar-refractivity contribution in [1.82, 2.24) is 5.32 Å². The van der Waals surface area contributed by atoms with Gasteiger partial charge in [-0.2, -0.15) is 0 Å². The number of nitrogens with zero attached hydrogens (tertiary/aromatic N) is 1. The second-order valence-corrected chi connectivity index (χ2v) is 20.0. The summed E-state index contributed by atoms with van der Waals surface area (Å²) in [6.45, 7) is 4.80. The van der Waals surface area contributed by atoms with Crippen molar-refractivity contribution in [2.24, 2.45) is 0 Å². The highest BCUT2D eigenvalue weighted by molar-refractivity contribution is 7.47. The van der Waals surface area contributed by atoms with Gasteiger partial charge in [0.15, 0.2) is 0 Å². The Morgan fingerprint density at radius 3 is 1.36 bits per heavy atom. The SMILES string of the molecule is CCCCCCCCCCCCCCCCCCCCCC/C=C/CC/C=C/C(O)C(COP(=O)(O)OCC[N+](C)(C)C)NC(=O)CCCCCCCCCCCCC. The van der Waals surface area contributed by atoms with Gasteiger partial charge in [0.25, 0.3) is 0 Å². The van der Waals surface area contributed by atoms with Crippen LogP contribution in [0.2, 0.25) is 0 Å². The van der Waals surface area contributed by atoms with Crippen LogP contribution in [-0.4, -0.2) is 73.4 Å². The lowest BCUT2D eigenvalue weighted by Gasteiger charge is -2.25. The summed E-state index contributed by atoms with van der Waals surface area (Å²) >= 11 is 0. The third kappa shape index (κ3) is 44.8. The van der Waals surface area contributed by atoms with E-state index in [1.807, 2.05) is 27.2 Å². The van der Waals surface area contributed by atoms with E-state index in [0.29, 0.717) is 17.4 Å². The van der Waals surface area contributed by atoms with Gasteiger partial charge in [0, 0.05) is 6.42 Å². The van der Waals surface area contributed by atoms with E-state index in [-0.39, 0.29) is 19.1 Å². The number of rotatable bonds is 46. The van der Waals surface area contributed by atoms with E-state index in [1.165, 1.54) is 180 Å². The Morgan fingerprint density at radius 2 is 0.932 bits per heavy atom. The Bertz CT molecular complexity index is 1020. The van der Waals surface area contributed by atoms with Crippen LogP contribution in [0, 0.1) is 0 Å². The number of carbonyl (C=O) groups is 1. The number of phosphoric ester groups is 1. The highest BCUT2D eigenvalue weighted by atomic mass is 31.2. The molecule has 0 aliphatic carbocycles. The molecule has 0 aliphatic rings. The van der Waals surface area contributed by atoms with E-state index in [9.17, 15) is 19.4 Å². The van der Waals surface area contributed by atoms with E-state index in [1.54, 1.807) is 6.08 Å². The number of aliphatic hydroxyl groups excluding tert-OH is 1. The lowest BCUT2D eigenvalue weighted by molar-refractivity contribution is -0.870. The van der Waals surface area contributed by atoms with Gasteiger partial charge < -0.3 is 19.8 Å². The number of quaternary nitrogens is 1. The monoisotopic (exact) mass is 856 g/mol. The Kier molecular flexibility index (Phi) is 41.6. The predicted octanol–water partition coefficient (Wildman–Crippen LogP) is 14.5. The van der Waals surface area contributed by atoms with Gasteiger partial charge in [-0.15, -0.1) is 0 Å². The Labute approximate surface area is 366 Å². The number of hydrogen-bond donors (Lipinski definition) is 3. The first-order chi connectivity index (χ1) is 28.5. The first kappa shape index (κ1) is 58.0. The summed E-state index contributed by atoms with van der Waals surface area (Å²) in [6, 6.07) is -0.858.